The summed E-state index contributed by atoms with van der Waals surface area (Å²) in [5, 5.41) is 9.10. The van der Waals surface area contributed by atoms with E-state index in [2.05, 4.69) is 9.46 Å². The van der Waals surface area contributed by atoms with Crippen molar-refractivity contribution in [2.24, 2.45) is 5.92 Å². The molecule has 0 saturated heterocycles. The van der Waals surface area contributed by atoms with Crippen molar-refractivity contribution in [2.75, 3.05) is 7.11 Å². The Kier molecular flexibility index (Phi) is 5.67. The van der Waals surface area contributed by atoms with Gasteiger partial charge in [0.15, 0.2) is 0 Å². The first-order valence-corrected chi connectivity index (χ1v) is 8.02. The number of hydrogen-bond donors (Lipinski definition) is 2. The Bertz CT molecular complexity index is 681. The van der Waals surface area contributed by atoms with Gasteiger partial charge in [-0.25, -0.2) is 13.2 Å². The number of hydrogen-bond acceptors (Lipinski definition) is 5. The van der Waals surface area contributed by atoms with Crippen molar-refractivity contribution < 1.29 is 27.9 Å². The van der Waals surface area contributed by atoms with Gasteiger partial charge in [-0.2, -0.15) is 4.72 Å². The van der Waals surface area contributed by atoms with Crippen LogP contribution in [0.15, 0.2) is 23.1 Å². The van der Waals surface area contributed by atoms with Crippen molar-refractivity contribution >= 4 is 22.0 Å². The molecule has 122 valence electrons. The molecule has 0 heterocycles. The summed E-state index contributed by atoms with van der Waals surface area (Å²) in [5.74, 6) is -2.37. The highest BCUT2D eigenvalue weighted by molar-refractivity contribution is 7.89. The van der Waals surface area contributed by atoms with Gasteiger partial charge in [-0.05, 0) is 30.5 Å². The quantitative estimate of drug-likeness (QED) is 0.758. The van der Waals surface area contributed by atoms with Crippen molar-refractivity contribution in [1.29, 1.82) is 0 Å². The number of sulfonamides is 1. The van der Waals surface area contributed by atoms with Crippen LogP contribution in [-0.2, 0) is 19.6 Å². The Morgan fingerprint density at radius 1 is 1.27 bits per heavy atom. The summed E-state index contributed by atoms with van der Waals surface area (Å²) in [6.07, 6.45) is 0. The first-order chi connectivity index (χ1) is 10.1. The molecule has 0 aliphatic carbocycles. The number of benzene rings is 1. The van der Waals surface area contributed by atoms with E-state index in [9.17, 15) is 18.0 Å². The molecule has 0 aliphatic rings. The molecule has 1 rings (SSSR count). The summed E-state index contributed by atoms with van der Waals surface area (Å²) in [7, 11) is -2.89. The fourth-order valence-electron chi connectivity index (χ4n) is 1.84. The molecule has 0 radical (unpaired) electrons. The number of aryl methyl sites for hydroxylation is 1. The number of ether oxygens (including phenoxy) is 1. The summed E-state index contributed by atoms with van der Waals surface area (Å²) in [6.45, 7) is 4.75. The van der Waals surface area contributed by atoms with Crippen LogP contribution >= 0.6 is 0 Å². The minimum Gasteiger partial charge on any atom is -0.480 e. The molecule has 1 atom stereocenters. The Balaban J connectivity index is 3.27. The minimum atomic E-state index is -4.08. The predicted octanol–water partition coefficient (Wildman–Crippen LogP) is 1.17. The lowest BCUT2D eigenvalue weighted by Crippen LogP contribution is -2.44. The standard InChI is InChI=1S/C14H19NO6S/c1-8(2)12(13(16)17)15-22(19,20)11-7-10(14(18)21-4)6-5-9(11)3/h5-8,12,15H,1-4H3,(H,16,17)/t12-/m1/s1. The van der Waals surface area contributed by atoms with Crippen LogP contribution in [0.5, 0.6) is 0 Å². The van der Waals surface area contributed by atoms with E-state index in [1.54, 1.807) is 20.8 Å². The zero-order valence-electron chi connectivity index (χ0n) is 12.8. The highest BCUT2D eigenvalue weighted by Crippen LogP contribution is 2.19. The average Bonchev–Trinajstić information content (AvgIpc) is 2.43. The van der Waals surface area contributed by atoms with E-state index in [-0.39, 0.29) is 10.5 Å². The van der Waals surface area contributed by atoms with Gasteiger partial charge in [-0.15, -0.1) is 0 Å². The van der Waals surface area contributed by atoms with E-state index in [1.165, 1.54) is 25.3 Å². The molecule has 7 nitrogen and oxygen atoms in total. The molecule has 0 saturated carbocycles. The molecule has 0 unspecified atom stereocenters. The van der Waals surface area contributed by atoms with Gasteiger partial charge in [-0.1, -0.05) is 19.9 Å². The maximum absolute atomic E-state index is 12.4. The van der Waals surface area contributed by atoms with Crippen molar-refractivity contribution in [3.63, 3.8) is 0 Å². The maximum atomic E-state index is 12.4. The van der Waals surface area contributed by atoms with Crippen molar-refractivity contribution in [2.45, 2.75) is 31.7 Å². The van der Waals surface area contributed by atoms with Crippen LogP contribution in [-0.4, -0.2) is 38.6 Å². The first kappa shape index (κ1) is 18.1. The highest BCUT2D eigenvalue weighted by atomic mass is 32.2. The first-order valence-electron chi connectivity index (χ1n) is 6.54. The van der Waals surface area contributed by atoms with Crippen LogP contribution in [0.4, 0.5) is 0 Å². The molecule has 0 fully saturated rings. The number of rotatable bonds is 6. The molecular formula is C14H19NO6S. The molecule has 1 aromatic carbocycles. The van der Waals surface area contributed by atoms with Crippen LogP contribution in [0.2, 0.25) is 0 Å². The van der Waals surface area contributed by atoms with Crippen LogP contribution in [0.3, 0.4) is 0 Å². The molecule has 22 heavy (non-hydrogen) atoms. The van der Waals surface area contributed by atoms with Crippen LogP contribution in [0.1, 0.15) is 29.8 Å². The van der Waals surface area contributed by atoms with Crippen LogP contribution in [0.25, 0.3) is 0 Å². The Hall–Kier alpha value is -1.93. The minimum absolute atomic E-state index is 0.0740. The maximum Gasteiger partial charge on any atom is 0.337 e. The fourth-order valence-corrected chi connectivity index (χ4v) is 3.44. The molecule has 0 amide bonds. The second-order valence-electron chi connectivity index (χ2n) is 5.15. The second kappa shape index (κ2) is 6.89. The molecule has 2 N–H and O–H groups in total. The van der Waals surface area contributed by atoms with E-state index < -0.39 is 33.9 Å². The molecule has 0 aromatic heterocycles. The Morgan fingerprint density at radius 3 is 2.32 bits per heavy atom. The third-order valence-corrected chi connectivity index (χ3v) is 4.70. The summed E-state index contributed by atoms with van der Waals surface area (Å²) < 4.78 is 31.5. The number of carboxylic acid groups (broad SMARTS) is 1. The Labute approximate surface area is 129 Å². The highest BCUT2D eigenvalue weighted by Gasteiger charge is 2.29. The lowest BCUT2D eigenvalue weighted by Gasteiger charge is -2.19. The number of methoxy groups -OCH3 is 1. The molecular weight excluding hydrogens is 310 g/mol. The summed E-state index contributed by atoms with van der Waals surface area (Å²) in [6, 6.07) is 2.82. The molecule has 8 heteroatoms. The second-order valence-corrected chi connectivity index (χ2v) is 6.84. The van der Waals surface area contributed by atoms with Crippen LogP contribution < -0.4 is 4.72 Å². The van der Waals surface area contributed by atoms with Gasteiger partial charge < -0.3 is 9.84 Å². The SMILES string of the molecule is COC(=O)c1ccc(C)c(S(=O)(=O)N[C@@H](C(=O)O)C(C)C)c1. The lowest BCUT2D eigenvalue weighted by atomic mass is 10.1. The number of nitrogens with one attached hydrogen (secondary N) is 1. The zero-order valence-corrected chi connectivity index (χ0v) is 13.6. The van der Waals surface area contributed by atoms with Gasteiger partial charge in [0, 0.05) is 0 Å². The van der Waals surface area contributed by atoms with E-state index in [0.29, 0.717) is 5.56 Å². The van der Waals surface area contributed by atoms with E-state index in [4.69, 9.17) is 5.11 Å². The largest absolute Gasteiger partial charge is 0.480 e. The van der Waals surface area contributed by atoms with Gasteiger partial charge in [0.25, 0.3) is 0 Å². The van der Waals surface area contributed by atoms with Crippen molar-refractivity contribution in [3.05, 3.63) is 29.3 Å². The number of aliphatic carboxylic acids is 1. The van der Waals surface area contributed by atoms with Gasteiger partial charge in [0.1, 0.15) is 6.04 Å². The van der Waals surface area contributed by atoms with E-state index in [0.717, 1.165) is 0 Å². The molecule has 0 bridgehead atoms. The number of esters is 1. The number of carbonyl (C=O) groups excluding carboxylic acids is 1. The van der Waals surface area contributed by atoms with Crippen LogP contribution in [0, 0.1) is 12.8 Å². The summed E-state index contributed by atoms with van der Waals surface area (Å²) in [4.78, 5) is 22.5. The molecule has 0 spiro atoms. The molecule has 1 aromatic rings. The number of carboxylic acids is 1. The topological polar surface area (TPSA) is 110 Å². The normalized spacial score (nSPS) is 13.0. The van der Waals surface area contributed by atoms with Gasteiger partial charge in [-0.3, -0.25) is 4.79 Å². The van der Waals surface area contributed by atoms with Crippen molar-refractivity contribution in [3.8, 4) is 0 Å². The van der Waals surface area contributed by atoms with Gasteiger partial charge in [0.2, 0.25) is 10.0 Å². The lowest BCUT2D eigenvalue weighted by molar-refractivity contribution is -0.140. The van der Waals surface area contributed by atoms with Gasteiger partial charge >= 0.3 is 11.9 Å². The van der Waals surface area contributed by atoms with E-state index in [1.807, 2.05) is 0 Å². The van der Waals surface area contributed by atoms with Crippen molar-refractivity contribution in [1.82, 2.24) is 4.72 Å². The smallest absolute Gasteiger partial charge is 0.337 e. The molecule has 0 aliphatic heterocycles. The van der Waals surface area contributed by atoms with E-state index >= 15 is 0 Å². The summed E-state index contributed by atoms with van der Waals surface area (Å²) in [5.41, 5.74) is 0.470. The number of carbonyl (C=O) groups is 2. The average molecular weight is 329 g/mol. The summed E-state index contributed by atoms with van der Waals surface area (Å²) >= 11 is 0. The third-order valence-electron chi connectivity index (χ3n) is 3.11. The monoisotopic (exact) mass is 329 g/mol. The zero-order chi connectivity index (χ0) is 17.1. The fraction of sp³-hybridized carbons (Fsp3) is 0.429. The Morgan fingerprint density at radius 2 is 1.86 bits per heavy atom. The predicted molar refractivity (Wildman–Crippen MR) is 79.1 cm³/mol. The third kappa shape index (κ3) is 4.05. The van der Waals surface area contributed by atoms with Gasteiger partial charge in [0.05, 0.1) is 17.6 Å².